The minimum absolute atomic E-state index is 0.182. The van der Waals surface area contributed by atoms with Gasteiger partial charge in [0.25, 0.3) is 0 Å². The van der Waals surface area contributed by atoms with E-state index in [9.17, 15) is 4.79 Å². The Labute approximate surface area is 111 Å². The minimum atomic E-state index is -0.926. The summed E-state index contributed by atoms with van der Waals surface area (Å²) in [6, 6.07) is 14.4. The maximum Gasteiger partial charge on any atom is 0.335 e. The quantitative estimate of drug-likeness (QED) is 0.780. The molecule has 19 heavy (non-hydrogen) atoms. The second kappa shape index (κ2) is 5.65. The Morgan fingerprint density at radius 1 is 1.11 bits per heavy atom. The van der Waals surface area contributed by atoms with Crippen molar-refractivity contribution in [3.05, 3.63) is 59.7 Å². The van der Waals surface area contributed by atoms with Crippen LogP contribution in [0.5, 0.6) is 0 Å². The number of hydrogen-bond donors (Lipinski definition) is 3. The monoisotopic (exact) mass is 256 g/mol. The first-order valence-electron chi connectivity index (χ1n) is 6.01. The second-order valence-corrected chi connectivity index (χ2v) is 4.35. The highest BCUT2D eigenvalue weighted by molar-refractivity contribution is 5.88. The van der Waals surface area contributed by atoms with Crippen LogP contribution in [-0.4, -0.2) is 17.6 Å². The fourth-order valence-electron chi connectivity index (χ4n) is 1.89. The van der Waals surface area contributed by atoms with Crippen LogP contribution in [0.15, 0.2) is 48.5 Å². The third-order valence-corrected chi connectivity index (χ3v) is 3.03. The smallest absolute Gasteiger partial charge is 0.335 e. The van der Waals surface area contributed by atoms with E-state index in [-0.39, 0.29) is 11.6 Å². The summed E-state index contributed by atoms with van der Waals surface area (Å²) < 4.78 is 0. The van der Waals surface area contributed by atoms with Crippen molar-refractivity contribution in [3.63, 3.8) is 0 Å². The third-order valence-electron chi connectivity index (χ3n) is 3.03. The molecule has 98 valence electrons. The second-order valence-electron chi connectivity index (χ2n) is 4.35. The maximum atomic E-state index is 10.8. The fourth-order valence-corrected chi connectivity index (χ4v) is 1.89. The highest BCUT2D eigenvalue weighted by atomic mass is 16.4. The van der Waals surface area contributed by atoms with E-state index < -0.39 is 5.97 Å². The zero-order valence-corrected chi connectivity index (χ0v) is 10.4. The first-order chi connectivity index (χ1) is 9.11. The first kappa shape index (κ1) is 13.3. The van der Waals surface area contributed by atoms with Crippen LogP contribution < -0.4 is 11.5 Å². The number of aromatic carboxylic acids is 1. The van der Waals surface area contributed by atoms with E-state index in [1.165, 1.54) is 0 Å². The largest absolute Gasteiger partial charge is 0.478 e. The van der Waals surface area contributed by atoms with Crippen LogP contribution in [0.2, 0.25) is 0 Å². The maximum absolute atomic E-state index is 10.8. The molecule has 4 nitrogen and oxygen atoms in total. The van der Waals surface area contributed by atoms with Gasteiger partial charge in [0.1, 0.15) is 0 Å². The highest BCUT2D eigenvalue weighted by Gasteiger charge is 2.06. The van der Waals surface area contributed by atoms with Crippen molar-refractivity contribution >= 4 is 5.97 Å². The number of carbonyl (C=O) groups is 1. The van der Waals surface area contributed by atoms with Gasteiger partial charge in [-0.3, -0.25) is 0 Å². The summed E-state index contributed by atoms with van der Waals surface area (Å²) >= 11 is 0. The molecule has 2 aromatic rings. The van der Waals surface area contributed by atoms with Crippen LogP contribution in [0.1, 0.15) is 22.0 Å². The molecule has 2 rings (SSSR count). The lowest BCUT2D eigenvalue weighted by Gasteiger charge is -2.11. The van der Waals surface area contributed by atoms with Crippen molar-refractivity contribution < 1.29 is 9.90 Å². The zero-order chi connectivity index (χ0) is 13.8. The van der Waals surface area contributed by atoms with Crippen LogP contribution >= 0.6 is 0 Å². The molecule has 0 amide bonds. The molecular weight excluding hydrogens is 240 g/mol. The number of hydrogen-bond acceptors (Lipinski definition) is 3. The van der Waals surface area contributed by atoms with E-state index >= 15 is 0 Å². The molecule has 2 aromatic carbocycles. The molecule has 0 bridgehead atoms. The lowest BCUT2D eigenvalue weighted by molar-refractivity contribution is 0.0697. The van der Waals surface area contributed by atoms with E-state index in [1.54, 1.807) is 24.3 Å². The van der Waals surface area contributed by atoms with Crippen LogP contribution in [0.3, 0.4) is 0 Å². The minimum Gasteiger partial charge on any atom is -0.478 e. The molecule has 0 heterocycles. The lowest BCUT2D eigenvalue weighted by atomic mass is 9.99. The average Bonchev–Trinajstić information content (AvgIpc) is 2.46. The van der Waals surface area contributed by atoms with Gasteiger partial charge in [-0.1, -0.05) is 30.3 Å². The van der Waals surface area contributed by atoms with E-state index in [1.807, 2.05) is 24.3 Å². The molecule has 1 unspecified atom stereocenters. The van der Waals surface area contributed by atoms with Crippen molar-refractivity contribution in [1.29, 1.82) is 0 Å². The van der Waals surface area contributed by atoms with Crippen LogP contribution in [0.25, 0.3) is 11.1 Å². The molecule has 0 radical (unpaired) electrons. The van der Waals surface area contributed by atoms with E-state index in [0.29, 0.717) is 6.54 Å². The van der Waals surface area contributed by atoms with Gasteiger partial charge < -0.3 is 16.6 Å². The van der Waals surface area contributed by atoms with Gasteiger partial charge >= 0.3 is 5.97 Å². The molecule has 1 atom stereocenters. The molecule has 0 aromatic heterocycles. The van der Waals surface area contributed by atoms with Gasteiger partial charge in [-0.25, -0.2) is 4.79 Å². The SMILES string of the molecule is NCC(N)c1cccc(-c2ccc(C(=O)O)cc2)c1. The highest BCUT2D eigenvalue weighted by Crippen LogP contribution is 2.22. The summed E-state index contributed by atoms with van der Waals surface area (Å²) in [5.41, 5.74) is 14.7. The normalized spacial score (nSPS) is 12.1. The Hall–Kier alpha value is -2.17. The van der Waals surface area contributed by atoms with Gasteiger partial charge in [-0.05, 0) is 34.9 Å². The number of nitrogens with two attached hydrogens (primary N) is 2. The molecular formula is C15H16N2O2. The Bertz CT molecular complexity index is 579. The van der Waals surface area contributed by atoms with Gasteiger partial charge in [0.2, 0.25) is 0 Å². The summed E-state index contributed by atoms with van der Waals surface area (Å²) in [4.78, 5) is 10.8. The first-order valence-corrected chi connectivity index (χ1v) is 6.01. The van der Waals surface area contributed by atoms with Crippen LogP contribution in [0.4, 0.5) is 0 Å². The predicted molar refractivity (Wildman–Crippen MR) is 74.8 cm³/mol. The lowest BCUT2D eigenvalue weighted by Crippen LogP contribution is -2.20. The Balaban J connectivity index is 2.33. The number of rotatable bonds is 4. The molecule has 0 spiro atoms. The van der Waals surface area contributed by atoms with Crippen molar-refractivity contribution in [2.45, 2.75) is 6.04 Å². The van der Waals surface area contributed by atoms with Crippen LogP contribution in [0, 0.1) is 0 Å². The molecule has 0 aliphatic carbocycles. The van der Waals surface area contributed by atoms with Crippen LogP contribution in [-0.2, 0) is 0 Å². The molecule has 0 fully saturated rings. The molecule has 0 saturated heterocycles. The third kappa shape index (κ3) is 2.99. The van der Waals surface area contributed by atoms with Crippen molar-refractivity contribution in [2.75, 3.05) is 6.54 Å². The molecule has 0 aliphatic rings. The predicted octanol–water partition coefficient (Wildman–Crippen LogP) is 2.01. The Kier molecular flexibility index (Phi) is 3.94. The molecule has 0 saturated carbocycles. The molecule has 0 aliphatic heterocycles. The van der Waals surface area contributed by atoms with Gasteiger partial charge in [-0.15, -0.1) is 0 Å². The summed E-state index contributed by atoms with van der Waals surface area (Å²) in [6.07, 6.45) is 0. The van der Waals surface area contributed by atoms with E-state index in [4.69, 9.17) is 16.6 Å². The topological polar surface area (TPSA) is 89.3 Å². The van der Waals surface area contributed by atoms with Gasteiger partial charge in [0.05, 0.1) is 5.56 Å². The van der Waals surface area contributed by atoms with Gasteiger partial charge in [0.15, 0.2) is 0 Å². The average molecular weight is 256 g/mol. The van der Waals surface area contributed by atoms with E-state index in [2.05, 4.69) is 0 Å². The van der Waals surface area contributed by atoms with Gasteiger partial charge in [0, 0.05) is 12.6 Å². The summed E-state index contributed by atoms with van der Waals surface area (Å²) in [7, 11) is 0. The van der Waals surface area contributed by atoms with Crippen molar-refractivity contribution in [1.82, 2.24) is 0 Å². The molecule has 4 heteroatoms. The summed E-state index contributed by atoms with van der Waals surface area (Å²) in [6.45, 7) is 0.390. The standard InChI is InChI=1S/C15H16N2O2/c16-9-14(17)13-3-1-2-12(8-13)10-4-6-11(7-5-10)15(18)19/h1-8,14H,9,16-17H2,(H,18,19). The summed E-state index contributed by atoms with van der Waals surface area (Å²) in [5, 5.41) is 8.86. The van der Waals surface area contributed by atoms with Gasteiger partial charge in [-0.2, -0.15) is 0 Å². The summed E-state index contributed by atoms with van der Waals surface area (Å²) in [5.74, 6) is -0.926. The number of carboxylic acid groups (broad SMARTS) is 1. The number of benzene rings is 2. The Morgan fingerprint density at radius 3 is 2.37 bits per heavy atom. The van der Waals surface area contributed by atoms with E-state index in [0.717, 1.165) is 16.7 Å². The molecule has 5 N–H and O–H groups in total. The Morgan fingerprint density at radius 2 is 1.79 bits per heavy atom. The van der Waals surface area contributed by atoms with Crippen molar-refractivity contribution in [3.8, 4) is 11.1 Å². The fraction of sp³-hybridized carbons (Fsp3) is 0.133. The zero-order valence-electron chi connectivity index (χ0n) is 10.4. The van der Waals surface area contributed by atoms with Crippen molar-refractivity contribution in [2.24, 2.45) is 11.5 Å². The number of carboxylic acids is 1.